The maximum atomic E-state index is 10.5. The van der Waals surface area contributed by atoms with E-state index < -0.39 is 6.03 Å². The number of carbonyl (C=O) groups is 1. The second kappa shape index (κ2) is 6.40. The second-order valence-corrected chi connectivity index (χ2v) is 4.14. The molecule has 0 saturated heterocycles. The standard InChI is InChI=1S/C11H17N3OS/c1-3-8-6-5-7-10(9(8)4-2)16-14-13-11(12)15/h5-7,14H,3-4H2,1-2H3,(H3,12,13,15). The summed E-state index contributed by atoms with van der Waals surface area (Å²) in [6.45, 7) is 4.26. The van der Waals surface area contributed by atoms with E-state index in [2.05, 4.69) is 30.2 Å². The van der Waals surface area contributed by atoms with Crippen molar-refractivity contribution < 1.29 is 4.79 Å². The minimum Gasteiger partial charge on any atom is -0.351 e. The zero-order valence-electron chi connectivity index (χ0n) is 9.54. The number of amides is 2. The molecule has 1 rings (SSSR count). The summed E-state index contributed by atoms with van der Waals surface area (Å²) in [5.41, 5.74) is 9.95. The molecule has 2 amide bonds. The molecule has 0 atom stereocenters. The van der Waals surface area contributed by atoms with Crippen LogP contribution in [-0.4, -0.2) is 6.03 Å². The third kappa shape index (κ3) is 3.43. The molecule has 0 bridgehead atoms. The van der Waals surface area contributed by atoms with E-state index in [4.69, 9.17) is 5.73 Å². The number of rotatable bonds is 5. The van der Waals surface area contributed by atoms with Crippen molar-refractivity contribution in [3.63, 3.8) is 0 Å². The van der Waals surface area contributed by atoms with Crippen molar-refractivity contribution in [2.24, 2.45) is 5.73 Å². The van der Waals surface area contributed by atoms with Crippen LogP contribution in [0.25, 0.3) is 0 Å². The third-order valence-electron chi connectivity index (χ3n) is 2.30. The predicted octanol–water partition coefficient (Wildman–Crippen LogP) is 1.99. The molecule has 0 aliphatic heterocycles. The van der Waals surface area contributed by atoms with Gasteiger partial charge in [0.1, 0.15) is 0 Å². The summed E-state index contributed by atoms with van der Waals surface area (Å²) < 4.78 is 0. The van der Waals surface area contributed by atoms with E-state index in [1.807, 2.05) is 12.1 Å². The highest BCUT2D eigenvalue weighted by atomic mass is 32.2. The number of urea groups is 1. The van der Waals surface area contributed by atoms with Gasteiger partial charge in [0.05, 0.1) is 0 Å². The van der Waals surface area contributed by atoms with Crippen LogP contribution in [0.5, 0.6) is 0 Å². The van der Waals surface area contributed by atoms with Crippen LogP contribution in [0.15, 0.2) is 23.1 Å². The number of hydrogen-bond donors (Lipinski definition) is 3. The monoisotopic (exact) mass is 239 g/mol. The van der Waals surface area contributed by atoms with Gasteiger partial charge in [-0.2, -0.15) is 4.83 Å². The molecule has 0 heterocycles. The van der Waals surface area contributed by atoms with E-state index in [0.29, 0.717) is 0 Å². The van der Waals surface area contributed by atoms with E-state index in [1.165, 1.54) is 23.1 Å². The van der Waals surface area contributed by atoms with Crippen molar-refractivity contribution in [3.8, 4) is 0 Å². The first-order valence-corrected chi connectivity index (χ1v) is 6.08. The zero-order valence-corrected chi connectivity index (χ0v) is 10.4. The highest BCUT2D eigenvalue weighted by Crippen LogP contribution is 2.23. The molecule has 0 saturated carbocycles. The van der Waals surface area contributed by atoms with Gasteiger partial charge >= 0.3 is 6.03 Å². The third-order valence-corrected chi connectivity index (χ3v) is 3.11. The van der Waals surface area contributed by atoms with Crippen molar-refractivity contribution in [3.05, 3.63) is 29.3 Å². The summed E-state index contributed by atoms with van der Waals surface area (Å²) >= 11 is 1.37. The molecule has 0 aliphatic rings. The molecule has 0 spiro atoms. The minimum absolute atomic E-state index is 0.586. The van der Waals surface area contributed by atoms with Crippen LogP contribution in [0, 0.1) is 0 Å². The molecule has 1 aromatic carbocycles. The molecule has 4 nitrogen and oxygen atoms in total. The molecule has 0 aromatic heterocycles. The van der Waals surface area contributed by atoms with Crippen molar-refractivity contribution >= 4 is 18.0 Å². The van der Waals surface area contributed by atoms with Crippen LogP contribution in [0.1, 0.15) is 25.0 Å². The second-order valence-electron chi connectivity index (χ2n) is 3.29. The first-order chi connectivity index (χ1) is 7.69. The summed E-state index contributed by atoms with van der Waals surface area (Å²) in [5, 5.41) is 0. The van der Waals surface area contributed by atoms with E-state index in [-0.39, 0.29) is 0 Å². The van der Waals surface area contributed by atoms with Crippen LogP contribution in [0.2, 0.25) is 0 Å². The van der Waals surface area contributed by atoms with Gasteiger partial charge in [-0.25, -0.2) is 4.79 Å². The number of carbonyl (C=O) groups excluding carboxylic acids is 1. The summed E-state index contributed by atoms with van der Waals surface area (Å²) in [6, 6.07) is 5.59. The van der Waals surface area contributed by atoms with Gasteiger partial charge < -0.3 is 5.73 Å². The van der Waals surface area contributed by atoms with Crippen LogP contribution in [0.3, 0.4) is 0 Å². The van der Waals surface area contributed by atoms with Crippen LogP contribution in [0.4, 0.5) is 4.79 Å². The van der Waals surface area contributed by atoms with Gasteiger partial charge in [0.15, 0.2) is 0 Å². The van der Waals surface area contributed by atoms with E-state index >= 15 is 0 Å². The molecule has 16 heavy (non-hydrogen) atoms. The molecule has 1 aromatic rings. The van der Waals surface area contributed by atoms with E-state index in [9.17, 15) is 4.79 Å². The normalized spacial score (nSPS) is 10.1. The minimum atomic E-state index is -0.586. The first kappa shape index (κ1) is 12.9. The highest BCUT2D eigenvalue weighted by Gasteiger charge is 2.05. The number of primary amides is 1. The maximum Gasteiger partial charge on any atom is 0.327 e. The summed E-state index contributed by atoms with van der Waals surface area (Å²) in [7, 11) is 0. The average molecular weight is 239 g/mol. The van der Waals surface area contributed by atoms with E-state index in [0.717, 1.165) is 17.7 Å². The first-order valence-electron chi connectivity index (χ1n) is 5.27. The Morgan fingerprint density at radius 2 is 2.12 bits per heavy atom. The topological polar surface area (TPSA) is 67.2 Å². The zero-order chi connectivity index (χ0) is 12.0. The van der Waals surface area contributed by atoms with Gasteiger partial charge in [-0.05, 0) is 42.0 Å². The Bertz CT molecular complexity index is 368. The Labute approximate surface area is 100 Å². The Morgan fingerprint density at radius 3 is 2.69 bits per heavy atom. The molecule has 0 unspecified atom stereocenters. The predicted molar refractivity (Wildman–Crippen MR) is 66.9 cm³/mol. The molecule has 88 valence electrons. The molecule has 0 aliphatic carbocycles. The summed E-state index contributed by atoms with van der Waals surface area (Å²) in [5.74, 6) is 0. The Kier molecular flexibility index (Phi) is 5.14. The van der Waals surface area contributed by atoms with E-state index in [1.54, 1.807) is 0 Å². The molecular weight excluding hydrogens is 222 g/mol. The lowest BCUT2D eigenvalue weighted by molar-refractivity contribution is 0.248. The van der Waals surface area contributed by atoms with Crippen molar-refractivity contribution in [1.29, 1.82) is 0 Å². The summed E-state index contributed by atoms with van der Waals surface area (Å²) in [4.78, 5) is 14.3. The average Bonchev–Trinajstić information content (AvgIpc) is 2.28. The molecular formula is C11H17N3OS. The fourth-order valence-electron chi connectivity index (χ4n) is 1.57. The fraction of sp³-hybridized carbons (Fsp3) is 0.364. The Balaban J connectivity index is 2.74. The van der Waals surface area contributed by atoms with Crippen LogP contribution >= 0.6 is 11.9 Å². The van der Waals surface area contributed by atoms with Gasteiger partial charge in [-0.3, -0.25) is 5.43 Å². The quantitative estimate of drug-likeness (QED) is 0.544. The number of hydrogen-bond acceptors (Lipinski definition) is 3. The smallest absolute Gasteiger partial charge is 0.327 e. The van der Waals surface area contributed by atoms with Gasteiger partial charge in [-0.15, -0.1) is 0 Å². The van der Waals surface area contributed by atoms with Crippen LogP contribution in [-0.2, 0) is 12.8 Å². The lowest BCUT2D eigenvalue weighted by atomic mass is 10.0. The Morgan fingerprint density at radius 1 is 1.38 bits per heavy atom. The molecule has 0 fully saturated rings. The summed E-state index contributed by atoms with van der Waals surface area (Å²) in [6.07, 6.45) is 1.99. The van der Waals surface area contributed by atoms with Gasteiger partial charge in [-0.1, -0.05) is 26.0 Å². The lowest BCUT2D eigenvalue weighted by Crippen LogP contribution is -2.36. The lowest BCUT2D eigenvalue weighted by Gasteiger charge is -2.12. The number of hydrazine groups is 1. The largest absolute Gasteiger partial charge is 0.351 e. The SMILES string of the molecule is CCc1cccc(SNNC(N)=O)c1CC. The molecule has 4 N–H and O–H groups in total. The van der Waals surface area contributed by atoms with Gasteiger partial charge in [0, 0.05) is 4.90 Å². The van der Waals surface area contributed by atoms with Crippen molar-refractivity contribution in [2.45, 2.75) is 31.6 Å². The number of nitrogens with one attached hydrogen (secondary N) is 2. The van der Waals surface area contributed by atoms with Crippen molar-refractivity contribution in [1.82, 2.24) is 10.3 Å². The highest BCUT2D eigenvalue weighted by molar-refractivity contribution is 7.97. The Hall–Kier alpha value is -1.20. The molecule has 0 radical (unpaired) electrons. The number of aryl methyl sites for hydroxylation is 1. The van der Waals surface area contributed by atoms with Gasteiger partial charge in [0.2, 0.25) is 0 Å². The van der Waals surface area contributed by atoms with Crippen molar-refractivity contribution in [2.75, 3.05) is 0 Å². The fourth-order valence-corrected chi connectivity index (χ4v) is 2.38. The van der Waals surface area contributed by atoms with Crippen LogP contribution < -0.4 is 16.0 Å². The molecule has 5 heteroatoms. The number of benzene rings is 1. The maximum absolute atomic E-state index is 10.5. The van der Waals surface area contributed by atoms with Gasteiger partial charge in [0.25, 0.3) is 0 Å². The number of nitrogens with two attached hydrogens (primary N) is 1.